The molecule has 1 aliphatic rings. The van der Waals surface area contributed by atoms with Gasteiger partial charge in [0.05, 0.1) is 0 Å². The molecule has 1 saturated carbocycles. The molecule has 0 bridgehead atoms. The third kappa shape index (κ3) is 3.27. The van der Waals surface area contributed by atoms with Gasteiger partial charge in [0.2, 0.25) is 5.91 Å². The molecule has 1 fully saturated rings. The van der Waals surface area contributed by atoms with E-state index < -0.39 is 0 Å². The summed E-state index contributed by atoms with van der Waals surface area (Å²) < 4.78 is 0. The third-order valence-corrected chi connectivity index (χ3v) is 3.10. The van der Waals surface area contributed by atoms with E-state index in [1.54, 1.807) is 0 Å². The Labute approximate surface area is 85.6 Å². The van der Waals surface area contributed by atoms with Gasteiger partial charge < -0.3 is 16.4 Å². The average molecular weight is 199 g/mol. The largest absolute Gasteiger partial charge is 0.370 e. The molecular formula is C10H21N3O. The third-order valence-electron chi connectivity index (χ3n) is 3.10. The fourth-order valence-corrected chi connectivity index (χ4v) is 1.88. The van der Waals surface area contributed by atoms with Crippen molar-refractivity contribution in [3.05, 3.63) is 0 Å². The van der Waals surface area contributed by atoms with Gasteiger partial charge in [-0.3, -0.25) is 4.79 Å². The van der Waals surface area contributed by atoms with E-state index in [4.69, 9.17) is 11.5 Å². The van der Waals surface area contributed by atoms with Gasteiger partial charge in [0.25, 0.3) is 0 Å². The van der Waals surface area contributed by atoms with Gasteiger partial charge in [-0.05, 0) is 25.8 Å². The lowest BCUT2D eigenvalue weighted by Gasteiger charge is -2.34. The van der Waals surface area contributed by atoms with Crippen LogP contribution < -0.4 is 11.5 Å². The molecule has 82 valence electrons. The lowest BCUT2D eigenvalue weighted by Crippen LogP contribution is -2.43. The number of carbonyl (C=O) groups excluding carboxylic acids is 1. The van der Waals surface area contributed by atoms with Crippen molar-refractivity contribution >= 4 is 5.91 Å². The summed E-state index contributed by atoms with van der Waals surface area (Å²) in [6, 6.07) is 0.119. The number of primary amides is 1. The van der Waals surface area contributed by atoms with E-state index in [0.29, 0.717) is 13.0 Å². The van der Waals surface area contributed by atoms with Crippen molar-refractivity contribution < 1.29 is 4.79 Å². The zero-order valence-electron chi connectivity index (χ0n) is 8.91. The van der Waals surface area contributed by atoms with Crippen molar-refractivity contribution in [1.82, 2.24) is 4.90 Å². The van der Waals surface area contributed by atoms with Crippen LogP contribution >= 0.6 is 0 Å². The van der Waals surface area contributed by atoms with Crippen LogP contribution in [0.25, 0.3) is 0 Å². The van der Waals surface area contributed by atoms with Gasteiger partial charge in [0.1, 0.15) is 0 Å². The maximum absolute atomic E-state index is 10.8. The van der Waals surface area contributed by atoms with Gasteiger partial charge in [0, 0.05) is 25.6 Å². The number of rotatable bonds is 6. The number of nitrogens with zero attached hydrogens (tertiary/aromatic N) is 1. The van der Waals surface area contributed by atoms with Crippen molar-refractivity contribution in [2.75, 3.05) is 20.1 Å². The Morgan fingerprint density at radius 2 is 2.21 bits per heavy atom. The van der Waals surface area contributed by atoms with Crippen molar-refractivity contribution in [2.24, 2.45) is 17.4 Å². The molecule has 4 N–H and O–H groups in total. The average Bonchev–Trinajstić information content (AvgIpc) is 2.06. The van der Waals surface area contributed by atoms with Crippen LogP contribution in [0.1, 0.15) is 25.7 Å². The number of likely N-dealkylation sites (N-methyl/N-ethyl adjacent to an activating group) is 1. The highest BCUT2D eigenvalue weighted by atomic mass is 16.1. The van der Waals surface area contributed by atoms with Crippen LogP contribution in [0.3, 0.4) is 0 Å². The minimum Gasteiger partial charge on any atom is -0.370 e. The molecule has 0 aromatic carbocycles. The lowest BCUT2D eigenvalue weighted by molar-refractivity contribution is -0.119. The van der Waals surface area contributed by atoms with Crippen LogP contribution in [0.15, 0.2) is 0 Å². The van der Waals surface area contributed by atoms with Gasteiger partial charge in [-0.2, -0.15) is 0 Å². The standard InChI is InChI=1S/C10H21N3O/c1-13(7-8-3-2-4-8)9(6-11)5-10(12)14/h8-9H,2-7,11H2,1H3,(H2,12,14). The Balaban J connectivity index is 2.29. The topological polar surface area (TPSA) is 72.3 Å². The van der Waals surface area contributed by atoms with Gasteiger partial charge in [-0.25, -0.2) is 0 Å². The minimum atomic E-state index is -0.263. The SMILES string of the molecule is CN(CC1CCC1)C(CN)CC(N)=O. The predicted molar refractivity (Wildman–Crippen MR) is 56.6 cm³/mol. The normalized spacial score (nSPS) is 19.4. The summed E-state index contributed by atoms with van der Waals surface area (Å²) in [5.74, 6) is 0.544. The maximum Gasteiger partial charge on any atom is 0.219 e. The molecule has 0 spiro atoms. The summed E-state index contributed by atoms with van der Waals surface area (Å²) in [6.45, 7) is 1.56. The smallest absolute Gasteiger partial charge is 0.219 e. The lowest BCUT2D eigenvalue weighted by atomic mass is 9.85. The van der Waals surface area contributed by atoms with Crippen LogP contribution in [0.4, 0.5) is 0 Å². The highest BCUT2D eigenvalue weighted by Crippen LogP contribution is 2.27. The molecular weight excluding hydrogens is 178 g/mol. The highest BCUT2D eigenvalue weighted by Gasteiger charge is 2.23. The molecule has 1 aliphatic carbocycles. The second-order valence-corrected chi connectivity index (χ2v) is 4.30. The first kappa shape index (κ1) is 11.5. The zero-order chi connectivity index (χ0) is 10.6. The molecule has 4 heteroatoms. The molecule has 1 amide bonds. The van der Waals surface area contributed by atoms with Crippen LogP contribution in [-0.4, -0.2) is 37.0 Å². The monoisotopic (exact) mass is 199 g/mol. The molecule has 14 heavy (non-hydrogen) atoms. The number of carbonyl (C=O) groups is 1. The number of nitrogens with two attached hydrogens (primary N) is 2. The molecule has 1 atom stereocenters. The molecule has 1 unspecified atom stereocenters. The Kier molecular flexibility index (Phi) is 4.35. The highest BCUT2D eigenvalue weighted by molar-refractivity contribution is 5.74. The fraction of sp³-hybridized carbons (Fsp3) is 0.900. The fourth-order valence-electron chi connectivity index (χ4n) is 1.88. The first-order valence-electron chi connectivity index (χ1n) is 5.32. The summed E-state index contributed by atoms with van der Waals surface area (Å²) in [5.41, 5.74) is 10.8. The number of amides is 1. The summed E-state index contributed by atoms with van der Waals surface area (Å²) in [4.78, 5) is 13.0. The summed E-state index contributed by atoms with van der Waals surface area (Å²) in [5, 5.41) is 0. The number of hydrogen-bond acceptors (Lipinski definition) is 3. The molecule has 0 aromatic heterocycles. The Morgan fingerprint density at radius 1 is 1.57 bits per heavy atom. The van der Waals surface area contributed by atoms with Gasteiger partial charge in [0.15, 0.2) is 0 Å². The van der Waals surface area contributed by atoms with Gasteiger partial charge in [-0.1, -0.05) is 6.42 Å². The van der Waals surface area contributed by atoms with Crippen molar-refractivity contribution in [3.63, 3.8) is 0 Å². The van der Waals surface area contributed by atoms with E-state index in [-0.39, 0.29) is 11.9 Å². The molecule has 0 heterocycles. The van der Waals surface area contributed by atoms with Crippen molar-refractivity contribution in [2.45, 2.75) is 31.7 Å². The summed E-state index contributed by atoms with van der Waals surface area (Å²) in [6.07, 6.45) is 4.36. The van der Waals surface area contributed by atoms with Crippen molar-refractivity contribution in [1.29, 1.82) is 0 Å². The van der Waals surface area contributed by atoms with Crippen LogP contribution in [0, 0.1) is 5.92 Å². The quantitative estimate of drug-likeness (QED) is 0.628. The first-order chi connectivity index (χ1) is 6.63. The van der Waals surface area contributed by atoms with Crippen LogP contribution in [0.2, 0.25) is 0 Å². The van der Waals surface area contributed by atoms with E-state index in [0.717, 1.165) is 12.5 Å². The minimum absolute atomic E-state index is 0.119. The molecule has 0 aliphatic heterocycles. The number of hydrogen-bond donors (Lipinski definition) is 2. The molecule has 4 nitrogen and oxygen atoms in total. The van der Waals surface area contributed by atoms with Crippen molar-refractivity contribution in [3.8, 4) is 0 Å². The molecule has 1 rings (SSSR count). The van der Waals surface area contributed by atoms with E-state index in [1.807, 2.05) is 7.05 Å². The Morgan fingerprint density at radius 3 is 2.57 bits per heavy atom. The second-order valence-electron chi connectivity index (χ2n) is 4.30. The van der Waals surface area contributed by atoms with E-state index in [1.165, 1.54) is 19.3 Å². The molecule has 0 radical (unpaired) electrons. The molecule has 0 aromatic rings. The van der Waals surface area contributed by atoms with E-state index in [9.17, 15) is 4.79 Å². The van der Waals surface area contributed by atoms with Crippen LogP contribution in [-0.2, 0) is 4.79 Å². The second kappa shape index (κ2) is 5.32. The van der Waals surface area contributed by atoms with Gasteiger partial charge >= 0.3 is 0 Å². The predicted octanol–water partition coefficient (Wildman–Crippen LogP) is -0.0790. The summed E-state index contributed by atoms with van der Waals surface area (Å²) >= 11 is 0. The Hall–Kier alpha value is -0.610. The van der Waals surface area contributed by atoms with E-state index >= 15 is 0 Å². The summed E-state index contributed by atoms with van der Waals surface area (Å²) in [7, 11) is 2.03. The zero-order valence-corrected chi connectivity index (χ0v) is 8.91. The Bertz CT molecular complexity index is 192. The van der Waals surface area contributed by atoms with Gasteiger partial charge in [-0.15, -0.1) is 0 Å². The van der Waals surface area contributed by atoms with Crippen LogP contribution in [0.5, 0.6) is 0 Å². The maximum atomic E-state index is 10.8. The van der Waals surface area contributed by atoms with E-state index in [2.05, 4.69) is 4.90 Å². The first-order valence-corrected chi connectivity index (χ1v) is 5.32. The molecule has 0 saturated heterocycles.